The molecule has 0 aliphatic heterocycles. The third-order valence-electron chi connectivity index (χ3n) is 2.69. The van der Waals surface area contributed by atoms with E-state index in [0.717, 1.165) is 24.3 Å². The van der Waals surface area contributed by atoms with Gasteiger partial charge in [-0.05, 0) is 31.2 Å². The second kappa shape index (κ2) is 8.29. The van der Waals surface area contributed by atoms with E-state index >= 15 is 0 Å². The number of rotatable bonds is 2. The predicted molar refractivity (Wildman–Crippen MR) is 78.8 cm³/mol. The van der Waals surface area contributed by atoms with Crippen LogP contribution in [0.25, 0.3) is 0 Å². The molecule has 0 heterocycles. The summed E-state index contributed by atoms with van der Waals surface area (Å²) in [4.78, 5) is 10.1. The second-order valence-corrected chi connectivity index (χ2v) is 5.06. The zero-order valence-electron chi connectivity index (χ0n) is 11.6. The van der Waals surface area contributed by atoms with Crippen LogP contribution in [0.3, 0.4) is 0 Å². The lowest BCUT2D eigenvalue weighted by molar-refractivity contribution is 0.111. The van der Waals surface area contributed by atoms with Gasteiger partial charge in [-0.1, -0.05) is 23.2 Å². The first-order valence-electron chi connectivity index (χ1n) is 6.10. The molecule has 2 nitrogen and oxygen atoms in total. The molecular weight excluding hydrogens is 359 g/mol. The van der Waals surface area contributed by atoms with Crippen LogP contribution in [0.4, 0.5) is 17.6 Å². The largest absolute Gasteiger partial charge is 0.389 e. The molecule has 0 saturated heterocycles. The Morgan fingerprint density at radius 1 is 0.913 bits per heavy atom. The molecule has 0 spiro atoms. The van der Waals surface area contributed by atoms with E-state index in [2.05, 4.69) is 0 Å². The van der Waals surface area contributed by atoms with Crippen LogP contribution in [-0.2, 0) is 0 Å². The fourth-order valence-corrected chi connectivity index (χ4v) is 2.09. The van der Waals surface area contributed by atoms with Gasteiger partial charge in [0.1, 0.15) is 23.3 Å². The molecule has 0 fully saturated rings. The SMILES string of the molecule is CC(O)c1c(F)ccc(F)c1Cl.O=Cc1c(F)ccc(F)c1Cl. The average molecular weight is 369 g/mol. The summed E-state index contributed by atoms with van der Waals surface area (Å²) in [6, 6.07) is 3.57. The monoisotopic (exact) mass is 368 g/mol. The van der Waals surface area contributed by atoms with Gasteiger partial charge in [-0.3, -0.25) is 4.79 Å². The molecule has 0 saturated carbocycles. The van der Waals surface area contributed by atoms with Crippen molar-refractivity contribution in [2.45, 2.75) is 13.0 Å². The number of aliphatic hydroxyl groups is 1. The first-order chi connectivity index (χ1) is 10.7. The maximum Gasteiger partial charge on any atom is 0.154 e. The van der Waals surface area contributed by atoms with E-state index in [1.165, 1.54) is 6.92 Å². The number of halogens is 6. The van der Waals surface area contributed by atoms with E-state index in [9.17, 15) is 22.4 Å². The van der Waals surface area contributed by atoms with Crippen LogP contribution in [0, 0.1) is 23.3 Å². The highest BCUT2D eigenvalue weighted by molar-refractivity contribution is 6.33. The normalized spacial score (nSPS) is 11.5. The summed E-state index contributed by atoms with van der Waals surface area (Å²) in [7, 11) is 0. The van der Waals surface area contributed by atoms with Gasteiger partial charge in [0.05, 0.1) is 21.7 Å². The Morgan fingerprint density at radius 2 is 1.35 bits per heavy atom. The lowest BCUT2D eigenvalue weighted by Gasteiger charge is -2.08. The molecule has 2 aromatic carbocycles. The van der Waals surface area contributed by atoms with Crippen molar-refractivity contribution in [1.82, 2.24) is 0 Å². The van der Waals surface area contributed by atoms with Gasteiger partial charge in [-0.25, -0.2) is 17.6 Å². The Bertz CT molecular complexity index is 721. The van der Waals surface area contributed by atoms with Crippen molar-refractivity contribution in [2.24, 2.45) is 0 Å². The fraction of sp³-hybridized carbons (Fsp3) is 0.133. The summed E-state index contributed by atoms with van der Waals surface area (Å²) in [5, 5.41) is 8.19. The lowest BCUT2D eigenvalue weighted by Crippen LogP contribution is -1.98. The minimum Gasteiger partial charge on any atom is -0.389 e. The Balaban J connectivity index is 0.000000231. The van der Waals surface area contributed by atoms with Gasteiger partial charge in [0.25, 0.3) is 0 Å². The molecule has 0 aromatic heterocycles. The van der Waals surface area contributed by atoms with Gasteiger partial charge in [-0.2, -0.15) is 0 Å². The van der Waals surface area contributed by atoms with Crippen molar-refractivity contribution in [2.75, 3.05) is 0 Å². The number of aldehydes is 1. The zero-order chi connectivity index (χ0) is 17.7. The molecule has 23 heavy (non-hydrogen) atoms. The molecule has 1 N–H and O–H groups in total. The van der Waals surface area contributed by atoms with Crippen LogP contribution < -0.4 is 0 Å². The molecule has 0 radical (unpaired) electrons. The van der Waals surface area contributed by atoms with Crippen molar-refractivity contribution >= 4 is 29.5 Å². The molecule has 0 amide bonds. The summed E-state index contributed by atoms with van der Waals surface area (Å²) in [5.74, 6) is -3.04. The summed E-state index contributed by atoms with van der Waals surface area (Å²) in [5.41, 5.74) is -0.636. The van der Waals surface area contributed by atoms with E-state index in [1.807, 2.05) is 0 Å². The second-order valence-electron chi connectivity index (χ2n) is 4.31. The van der Waals surface area contributed by atoms with Crippen molar-refractivity contribution in [3.05, 3.63) is 68.7 Å². The Hall–Kier alpha value is -1.63. The Morgan fingerprint density at radius 3 is 1.74 bits per heavy atom. The number of hydrogen-bond donors (Lipinski definition) is 1. The van der Waals surface area contributed by atoms with Crippen LogP contribution in [0.5, 0.6) is 0 Å². The number of hydrogen-bond acceptors (Lipinski definition) is 2. The highest BCUT2D eigenvalue weighted by Gasteiger charge is 2.15. The van der Waals surface area contributed by atoms with Gasteiger partial charge < -0.3 is 5.11 Å². The highest BCUT2D eigenvalue weighted by atomic mass is 35.5. The number of carbonyl (C=O) groups is 1. The van der Waals surface area contributed by atoms with E-state index in [0.29, 0.717) is 0 Å². The Kier molecular flexibility index (Phi) is 7.00. The molecule has 124 valence electrons. The molecular formula is C15H10Cl2F4O2. The quantitative estimate of drug-likeness (QED) is 0.454. The number of benzene rings is 2. The third kappa shape index (κ3) is 4.67. The van der Waals surface area contributed by atoms with E-state index in [-0.39, 0.29) is 16.9 Å². The summed E-state index contributed by atoms with van der Waals surface area (Å²) >= 11 is 10.7. The molecule has 2 aromatic rings. The van der Waals surface area contributed by atoms with Gasteiger partial charge in [-0.15, -0.1) is 0 Å². The minimum atomic E-state index is -1.10. The highest BCUT2D eigenvalue weighted by Crippen LogP contribution is 2.27. The molecule has 0 aliphatic rings. The van der Waals surface area contributed by atoms with Crippen LogP contribution in [-0.4, -0.2) is 11.4 Å². The van der Waals surface area contributed by atoms with Gasteiger partial charge in [0.2, 0.25) is 0 Å². The molecule has 8 heteroatoms. The van der Waals surface area contributed by atoms with Gasteiger partial charge in [0.15, 0.2) is 6.29 Å². The number of carbonyl (C=O) groups excluding carboxylic acids is 1. The molecule has 0 aliphatic carbocycles. The molecule has 2 rings (SSSR count). The smallest absolute Gasteiger partial charge is 0.154 e. The van der Waals surface area contributed by atoms with Crippen molar-refractivity contribution < 1.29 is 27.5 Å². The van der Waals surface area contributed by atoms with Gasteiger partial charge >= 0.3 is 0 Å². The standard InChI is InChI=1S/C8H7ClF2O.C7H3ClF2O/c1-4(12)7-5(10)2-3-6(11)8(7)9;8-7-4(3-11)5(9)1-2-6(7)10/h2-4,12H,1H3;1-3H. The van der Waals surface area contributed by atoms with Crippen LogP contribution in [0.1, 0.15) is 28.9 Å². The molecule has 1 unspecified atom stereocenters. The van der Waals surface area contributed by atoms with E-state index in [1.54, 1.807) is 0 Å². The summed E-state index contributed by atoms with van der Waals surface area (Å²) in [6.07, 6.45) is -0.922. The fourth-order valence-electron chi connectivity index (χ4n) is 1.58. The zero-order valence-corrected chi connectivity index (χ0v) is 13.1. The van der Waals surface area contributed by atoms with Crippen molar-refractivity contribution in [1.29, 1.82) is 0 Å². The first-order valence-corrected chi connectivity index (χ1v) is 6.86. The van der Waals surface area contributed by atoms with Crippen molar-refractivity contribution in [3.8, 4) is 0 Å². The van der Waals surface area contributed by atoms with E-state index < -0.39 is 40.0 Å². The third-order valence-corrected chi connectivity index (χ3v) is 3.46. The molecule has 1 atom stereocenters. The Labute approximate surface area is 139 Å². The average Bonchev–Trinajstić information content (AvgIpc) is 2.48. The van der Waals surface area contributed by atoms with Gasteiger partial charge in [0, 0.05) is 5.56 Å². The maximum atomic E-state index is 12.9. The van der Waals surface area contributed by atoms with Crippen LogP contribution >= 0.6 is 23.2 Å². The first kappa shape index (κ1) is 19.4. The van der Waals surface area contributed by atoms with Crippen molar-refractivity contribution in [3.63, 3.8) is 0 Å². The topological polar surface area (TPSA) is 37.3 Å². The van der Waals surface area contributed by atoms with Crippen LogP contribution in [0.2, 0.25) is 10.0 Å². The maximum absolute atomic E-state index is 12.9. The van der Waals surface area contributed by atoms with Crippen LogP contribution in [0.15, 0.2) is 24.3 Å². The number of aliphatic hydroxyl groups excluding tert-OH is 1. The minimum absolute atomic E-state index is 0.181. The summed E-state index contributed by atoms with van der Waals surface area (Å²) < 4.78 is 50.6. The molecule has 0 bridgehead atoms. The van der Waals surface area contributed by atoms with E-state index in [4.69, 9.17) is 28.3 Å². The lowest BCUT2D eigenvalue weighted by atomic mass is 10.1. The predicted octanol–water partition coefficient (Wildman–Crippen LogP) is 5.10. The summed E-state index contributed by atoms with van der Waals surface area (Å²) in [6.45, 7) is 1.32.